The van der Waals surface area contributed by atoms with E-state index in [2.05, 4.69) is 118 Å². The predicted molar refractivity (Wildman–Crippen MR) is 362 cm³/mol. The first-order chi connectivity index (χ1) is 41.0. The molecule has 478 valence electrons. The molecule has 0 N–H and O–H groups in total. The van der Waals surface area contributed by atoms with E-state index in [1.165, 1.54) is 212 Å². The average Bonchev–Trinajstić information content (AvgIpc) is 3.49. The zero-order chi connectivity index (χ0) is 59.9. The summed E-state index contributed by atoms with van der Waals surface area (Å²) in [6, 6.07) is 0. The van der Waals surface area contributed by atoms with Crippen molar-refractivity contribution in [1.82, 2.24) is 0 Å². The number of hydrogen-bond donors (Lipinski definition) is 0. The fourth-order valence-corrected chi connectivity index (χ4v) is 10.2. The molecule has 0 aliphatic carbocycles. The lowest BCUT2D eigenvalue weighted by atomic mass is 10.0. The van der Waals surface area contributed by atoms with Crippen molar-refractivity contribution < 1.29 is 28.6 Å². The van der Waals surface area contributed by atoms with Gasteiger partial charge in [-0.2, -0.15) is 0 Å². The van der Waals surface area contributed by atoms with Crippen molar-refractivity contribution in [2.75, 3.05) is 13.2 Å². The van der Waals surface area contributed by atoms with Crippen LogP contribution in [0.15, 0.2) is 97.2 Å². The van der Waals surface area contributed by atoms with Crippen LogP contribution >= 0.6 is 0 Å². The molecule has 0 radical (unpaired) electrons. The van der Waals surface area contributed by atoms with Gasteiger partial charge in [-0.1, -0.05) is 311 Å². The first-order valence-electron chi connectivity index (χ1n) is 35.7. The van der Waals surface area contributed by atoms with Gasteiger partial charge in [-0.3, -0.25) is 14.4 Å². The van der Waals surface area contributed by atoms with Gasteiger partial charge in [0.1, 0.15) is 13.2 Å². The number of unbranched alkanes of at least 4 members (excludes halogenated alkanes) is 38. The van der Waals surface area contributed by atoms with Gasteiger partial charge in [-0.15, -0.1) is 0 Å². The monoisotopic (exact) mass is 1160 g/mol. The number of carbonyl (C=O) groups excluding carboxylic acids is 3. The normalized spacial score (nSPS) is 12.7. The van der Waals surface area contributed by atoms with E-state index in [1.807, 2.05) is 0 Å². The SMILES string of the molecule is CC/C=C\C/C=C\C/C=C\C/C=C\C/C=C\C/C=C\CCCCCCCCCCCCCCC(=O)OCC(COC(=O)CCCCCCC/C=C\CCCCCC)OC(=O)CCCCCCCCCCC/C=C\CCCCCCCCCC. The Labute approximate surface area is 515 Å². The molecule has 0 fully saturated rings. The maximum absolute atomic E-state index is 13.0. The van der Waals surface area contributed by atoms with E-state index in [-0.39, 0.29) is 31.1 Å². The molecular formula is C77H134O6. The maximum Gasteiger partial charge on any atom is 0.306 e. The van der Waals surface area contributed by atoms with Crippen LogP contribution in [0.25, 0.3) is 0 Å². The van der Waals surface area contributed by atoms with E-state index < -0.39 is 6.10 Å². The van der Waals surface area contributed by atoms with E-state index in [0.29, 0.717) is 19.3 Å². The Bertz CT molecular complexity index is 1610. The summed E-state index contributed by atoms with van der Waals surface area (Å²) in [5, 5.41) is 0. The number of esters is 3. The van der Waals surface area contributed by atoms with Gasteiger partial charge >= 0.3 is 17.9 Å². The summed E-state index contributed by atoms with van der Waals surface area (Å²) in [5.74, 6) is -0.876. The first kappa shape index (κ1) is 79.3. The minimum Gasteiger partial charge on any atom is -0.462 e. The summed E-state index contributed by atoms with van der Waals surface area (Å²) in [7, 11) is 0. The standard InChI is InChI=1S/C77H134O6/c1-4-7-10-13-16-19-22-25-27-29-31-33-34-35-36-37-38-39-40-41-42-44-45-47-49-52-55-58-61-64-67-70-76(79)82-73-74(72-81-75(78)69-66-63-60-57-54-51-24-21-18-15-12-9-6-3)83-77(80)71-68-65-62-59-56-53-50-48-46-43-32-30-28-26-23-20-17-14-11-8-5-2/h7,10,16,19,21,24-25,27,30-33,35-36,38-39,74H,4-6,8-9,11-15,17-18,20,22-23,26,28-29,34,37,40-73H2,1-3H3/b10-7-,19-16-,24-21-,27-25-,32-30-,33-31-,36-35-,39-38-. The van der Waals surface area contributed by atoms with Crippen LogP contribution in [0.1, 0.15) is 355 Å². The smallest absolute Gasteiger partial charge is 0.306 e. The van der Waals surface area contributed by atoms with Crippen molar-refractivity contribution in [2.24, 2.45) is 0 Å². The Morgan fingerprint density at radius 1 is 0.253 bits per heavy atom. The largest absolute Gasteiger partial charge is 0.462 e. The molecule has 1 unspecified atom stereocenters. The van der Waals surface area contributed by atoms with Crippen molar-refractivity contribution in [2.45, 2.75) is 361 Å². The molecule has 0 saturated heterocycles. The van der Waals surface area contributed by atoms with Gasteiger partial charge in [-0.05, 0) is 122 Å². The molecule has 0 aromatic rings. The highest BCUT2D eigenvalue weighted by Gasteiger charge is 2.19. The molecule has 83 heavy (non-hydrogen) atoms. The lowest BCUT2D eigenvalue weighted by molar-refractivity contribution is -0.167. The molecule has 0 aliphatic heterocycles. The highest BCUT2D eigenvalue weighted by Crippen LogP contribution is 2.17. The van der Waals surface area contributed by atoms with Gasteiger partial charge in [0.2, 0.25) is 0 Å². The average molecular weight is 1160 g/mol. The predicted octanol–water partition coefficient (Wildman–Crippen LogP) is 24.8. The lowest BCUT2D eigenvalue weighted by Gasteiger charge is -2.18. The zero-order valence-electron chi connectivity index (χ0n) is 54.9. The van der Waals surface area contributed by atoms with Crippen molar-refractivity contribution in [3.05, 3.63) is 97.2 Å². The molecule has 0 saturated carbocycles. The molecule has 0 spiro atoms. The second-order valence-corrected chi connectivity index (χ2v) is 23.8. The Hall–Kier alpha value is -3.67. The number of ether oxygens (including phenoxy) is 3. The third-order valence-corrected chi connectivity index (χ3v) is 15.5. The van der Waals surface area contributed by atoms with Crippen LogP contribution in [0.5, 0.6) is 0 Å². The molecule has 0 aromatic heterocycles. The first-order valence-corrected chi connectivity index (χ1v) is 35.7. The topological polar surface area (TPSA) is 78.9 Å². The highest BCUT2D eigenvalue weighted by molar-refractivity contribution is 5.71. The summed E-state index contributed by atoms with van der Waals surface area (Å²) in [6.45, 7) is 6.54. The van der Waals surface area contributed by atoms with Crippen molar-refractivity contribution in [3.8, 4) is 0 Å². The highest BCUT2D eigenvalue weighted by atomic mass is 16.6. The molecular weight excluding hydrogens is 1020 g/mol. The van der Waals surface area contributed by atoms with Gasteiger partial charge in [0.15, 0.2) is 6.10 Å². The summed E-state index contributed by atoms with van der Waals surface area (Å²) >= 11 is 0. The fourth-order valence-electron chi connectivity index (χ4n) is 10.2. The van der Waals surface area contributed by atoms with E-state index in [4.69, 9.17) is 14.2 Å². The fraction of sp³-hybridized carbons (Fsp3) is 0.753. The van der Waals surface area contributed by atoms with Gasteiger partial charge in [0, 0.05) is 19.3 Å². The summed E-state index contributed by atoms with van der Waals surface area (Å²) in [5.41, 5.74) is 0. The molecule has 0 heterocycles. The van der Waals surface area contributed by atoms with Crippen LogP contribution in [-0.4, -0.2) is 37.2 Å². The molecule has 6 nitrogen and oxygen atoms in total. The van der Waals surface area contributed by atoms with Crippen LogP contribution < -0.4 is 0 Å². The molecule has 0 rings (SSSR count). The molecule has 6 heteroatoms. The third-order valence-electron chi connectivity index (χ3n) is 15.5. The summed E-state index contributed by atoms with van der Waals surface area (Å²) < 4.78 is 17.0. The number of hydrogen-bond acceptors (Lipinski definition) is 6. The van der Waals surface area contributed by atoms with Crippen LogP contribution in [-0.2, 0) is 28.6 Å². The maximum atomic E-state index is 13.0. The molecule has 1 atom stereocenters. The van der Waals surface area contributed by atoms with E-state index in [0.717, 1.165) is 103 Å². The van der Waals surface area contributed by atoms with Gasteiger partial charge < -0.3 is 14.2 Å². The van der Waals surface area contributed by atoms with E-state index in [1.54, 1.807) is 0 Å². The number of allylic oxidation sites excluding steroid dienone is 16. The van der Waals surface area contributed by atoms with Gasteiger partial charge in [0.05, 0.1) is 0 Å². The summed E-state index contributed by atoms with van der Waals surface area (Å²) in [4.78, 5) is 38.4. The molecule has 0 aromatic carbocycles. The Morgan fingerprint density at radius 3 is 0.759 bits per heavy atom. The quantitative estimate of drug-likeness (QED) is 0.0261. The van der Waals surface area contributed by atoms with Gasteiger partial charge in [0.25, 0.3) is 0 Å². The zero-order valence-corrected chi connectivity index (χ0v) is 54.9. The Balaban J connectivity index is 4.25. The van der Waals surface area contributed by atoms with E-state index in [9.17, 15) is 14.4 Å². The third kappa shape index (κ3) is 69.0. The Kier molecular flexibility index (Phi) is 67.7. The second kappa shape index (κ2) is 70.8. The second-order valence-electron chi connectivity index (χ2n) is 23.8. The van der Waals surface area contributed by atoms with Crippen LogP contribution in [0.4, 0.5) is 0 Å². The minimum absolute atomic E-state index is 0.0793. The molecule has 0 amide bonds. The lowest BCUT2D eigenvalue weighted by Crippen LogP contribution is -2.30. The minimum atomic E-state index is -0.783. The van der Waals surface area contributed by atoms with Crippen molar-refractivity contribution in [3.63, 3.8) is 0 Å². The number of rotatable bonds is 65. The van der Waals surface area contributed by atoms with E-state index >= 15 is 0 Å². The van der Waals surface area contributed by atoms with Crippen LogP contribution in [0.3, 0.4) is 0 Å². The van der Waals surface area contributed by atoms with Gasteiger partial charge in [-0.25, -0.2) is 0 Å². The molecule has 0 aliphatic rings. The summed E-state index contributed by atoms with van der Waals surface area (Å²) in [6.07, 6.45) is 95.8. The van der Waals surface area contributed by atoms with Crippen molar-refractivity contribution >= 4 is 17.9 Å². The Morgan fingerprint density at radius 2 is 0.470 bits per heavy atom. The van der Waals surface area contributed by atoms with Crippen LogP contribution in [0, 0.1) is 0 Å². The molecule has 0 bridgehead atoms. The van der Waals surface area contributed by atoms with Crippen LogP contribution in [0.2, 0.25) is 0 Å². The van der Waals surface area contributed by atoms with Crippen molar-refractivity contribution in [1.29, 1.82) is 0 Å². The number of carbonyl (C=O) groups is 3.